The fraction of sp³-hybridized carbons (Fsp3) is 0.429. The molecule has 1 N–H and O–H groups in total. The van der Waals surface area contributed by atoms with Gasteiger partial charge in [-0.3, -0.25) is 4.79 Å². The van der Waals surface area contributed by atoms with Crippen molar-refractivity contribution >= 4 is 5.91 Å². The third-order valence-electron chi connectivity index (χ3n) is 3.37. The van der Waals surface area contributed by atoms with Crippen LogP contribution in [0.15, 0.2) is 18.2 Å². The van der Waals surface area contributed by atoms with Crippen molar-refractivity contribution in [3.63, 3.8) is 0 Å². The van der Waals surface area contributed by atoms with Gasteiger partial charge in [0.05, 0.1) is 5.56 Å². The van der Waals surface area contributed by atoms with Crippen LogP contribution in [0.2, 0.25) is 0 Å². The molecule has 4 nitrogen and oxygen atoms in total. The molecular formula is C14H16FN3O. The predicted octanol–water partition coefficient (Wildman–Crippen LogP) is 1.41. The normalized spacial score (nSPS) is 19.3. The number of piperidine rings is 1. The molecule has 1 unspecified atom stereocenters. The maximum absolute atomic E-state index is 13.2. The van der Waals surface area contributed by atoms with Crippen LogP contribution in [0.4, 0.5) is 4.39 Å². The van der Waals surface area contributed by atoms with E-state index in [1.807, 2.05) is 6.07 Å². The van der Waals surface area contributed by atoms with Crippen molar-refractivity contribution in [2.45, 2.75) is 25.4 Å². The van der Waals surface area contributed by atoms with Crippen molar-refractivity contribution in [1.29, 1.82) is 5.26 Å². The molecule has 1 fully saturated rings. The number of nitrogens with zero attached hydrogens (tertiary/aromatic N) is 2. The highest BCUT2D eigenvalue weighted by atomic mass is 19.1. The lowest BCUT2D eigenvalue weighted by atomic mass is 10.0. The summed E-state index contributed by atoms with van der Waals surface area (Å²) in [5.74, 6) is -0.319. The Kier molecular flexibility index (Phi) is 4.13. The number of halogens is 1. The Morgan fingerprint density at radius 2 is 2.37 bits per heavy atom. The van der Waals surface area contributed by atoms with Crippen LogP contribution in [0.1, 0.15) is 24.0 Å². The predicted molar refractivity (Wildman–Crippen MR) is 68.6 cm³/mol. The number of carbonyl (C=O) groups is 1. The van der Waals surface area contributed by atoms with E-state index in [4.69, 9.17) is 5.26 Å². The Bertz CT molecular complexity index is 524. The number of hydrogen-bond donors (Lipinski definition) is 1. The molecule has 1 atom stereocenters. The molecule has 1 aromatic rings. The first-order valence-electron chi connectivity index (χ1n) is 6.26. The van der Waals surface area contributed by atoms with Gasteiger partial charge in [-0.05, 0) is 24.1 Å². The molecule has 0 aliphatic carbocycles. The third kappa shape index (κ3) is 3.30. The zero-order valence-corrected chi connectivity index (χ0v) is 10.8. The molecule has 1 saturated heterocycles. The van der Waals surface area contributed by atoms with Crippen molar-refractivity contribution in [3.05, 3.63) is 35.1 Å². The molecule has 1 amide bonds. The minimum atomic E-state index is -0.491. The lowest BCUT2D eigenvalue weighted by molar-refractivity contribution is -0.132. The number of nitriles is 1. The first-order chi connectivity index (χ1) is 9.10. The molecule has 0 saturated carbocycles. The quantitative estimate of drug-likeness (QED) is 0.895. The second kappa shape index (κ2) is 5.81. The van der Waals surface area contributed by atoms with Gasteiger partial charge in [-0.15, -0.1) is 0 Å². The monoisotopic (exact) mass is 261 g/mol. The maximum atomic E-state index is 13.2. The van der Waals surface area contributed by atoms with Gasteiger partial charge in [-0.2, -0.15) is 5.26 Å². The van der Waals surface area contributed by atoms with E-state index in [0.29, 0.717) is 19.5 Å². The average Bonchev–Trinajstić information content (AvgIpc) is 2.41. The summed E-state index contributed by atoms with van der Waals surface area (Å²) >= 11 is 0. The van der Waals surface area contributed by atoms with E-state index in [-0.39, 0.29) is 17.5 Å². The minimum absolute atomic E-state index is 0.0650. The fourth-order valence-corrected chi connectivity index (χ4v) is 2.21. The van der Waals surface area contributed by atoms with Gasteiger partial charge in [-0.1, -0.05) is 6.07 Å². The smallest absolute Gasteiger partial charge is 0.222 e. The Morgan fingerprint density at radius 3 is 3.05 bits per heavy atom. The molecule has 5 heteroatoms. The molecule has 1 aliphatic rings. The van der Waals surface area contributed by atoms with Gasteiger partial charge in [0.15, 0.2) is 0 Å². The highest BCUT2D eigenvalue weighted by Gasteiger charge is 2.22. The van der Waals surface area contributed by atoms with E-state index in [2.05, 4.69) is 5.32 Å². The van der Waals surface area contributed by atoms with Crippen LogP contribution < -0.4 is 5.32 Å². The van der Waals surface area contributed by atoms with E-state index in [0.717, 1.165) is 12.0 Å². The first-order valence-corrected chi connectivity index (χ1v) is 6.26. The van der Waals surface area contributed by atoms with Gasteiger partial charge in [0, 0.05) is 32.6 Å². The topological polar surface area (TPSA) is 56.1 Å². The van der Waals surface area contributed by atoms with Gasteiger partial charge in [0.2, 0.25) is 5.91 Å². The van der Waals surface area contributed by atoms with Crippen LogP contribution in [0.5, 0.6) is 0 Å². The molecule has 1 aromatic carbocycles. The fourth-order valence-electron chi connectivity index (χ4n) is 2.21. The number of benzene rings is 1. The Labute approximate surface area is 111 Å². The SMILES string of the molecule is CN1CC(NCc2ccc(F)c(C#N)c2)CCC1=O. The highest BCUT2D eigenvalue weighted by Crippen LogP contribution is 2.12. The van der Waals surface area contributed by atoms with E-state index in [1.165, 1.54) is 6.07 Å². The van der Waals surface area contributed by atoms with Crippen molar-refractivity contribution in [1.82, 2.24) is 10.2 Å². The summed E-state index contributed by atoms with van der Waals surface area (Å²) in [5, 5.41) is 12.1. The average molecular weight is 261 g/mol. The molecule has 1 heterocycles. The molecule has 1 aliphatic heterocycles. The summed E-state index contributed by atoms with van der Waals surface area (Å²) in [5.41, 5.74) is 0.938. The summed E-state index contributed by atoms with van der Waals surface area (Å²) in [6, 6.07) is 6.61. The summed E-state index contributed by atoms with van der Waals surface area (Å²) < 4.78 is 13.2. The summed E-state index contributed by atoms with van der Waals surface area (Å²) in [6.07, 6.45) is 1.37. The molecule has 0 bridgehead atoms. The van der Waals surface area contributed by atoms with Crippen molar-refractivity contribution in [2.24, 2.45) is 0 Å². The minimum Gasteiger partial charge on any atom is -0.344 e. The second-order valence-electron chi connectivity index (χ2n) is 4.82. The lowest BCUT2D eigenvalue weighted by Gasteiger charge is -2.30. The Morgan fingerprint density at radius 1 is 1.58 bits per heavy atom. The molecule has 0 aromatic heterocycles. The first kappa shape index (κ1) is 13.5. The second-order valence-corrected chi connectivity index (χ2v) is 4.82. The highest BCUT2D eigenvalue weighted by molar-refractivity contribution is 5.76. The molecular weight excluding hydrogens is 245 g/mol. The van der Waals surface area contributed by atoms with Crippen LogP contribution >= 0.6 is 0 Å². The molecule has 19 heavy (non-hydrogen) atoms. The Hall–Kier alpha value is -1.93. The number of likely N-dealkylation sites (tertiary alicyclic amines) is 1. The third-order valence-corrected chi connectivity index (χ3v) is 3.37. The van der Waals surface area contributed by atoms with E-state index >= 15 is 0 Å². The number of nitrogens with one attached hydrogen (secondary N) is 1. The molecule has 0 radical (unpaired) electrons. The number of carbonyl (C=O) groups excluding carboxylic acids is 1. The number of rotatable bonds is 3. The van der Waals surface area contributed by atoms with Crippen molar-refractivity contribution < 1.29 is 9.18 Å². The van der Waals surface area contributed by atoms with Crippen LogP contribution in [-0.2, 0) is 11.3 Å². The van der Waals surface area contributed by atoms with Gasteiger partial charge >= 0.3 is 0 Å². The maximum Gasteiger partial charge on any atom is 0.222 e. The lowest BCUT2D eigenvalue weighted by Crippen LogP contribution is -2.46. The van der Waals surface area contributed by atoms with Gasteiger partial charge < -0.3 is 10.2 Å². The Balaban J connectivity index is 1.92. The number of hydrogen-bond acceptors (Lipinski definition) is 3. The van der Waals surface area contributed by atoms with E-state index < -0.39 is 5.82 Å². The zero-order chi connectivity index (χ0) is 13.8. The summed E-state index contributed by atoms with van der Waals surface area (Å²) in [6.45, 7) is 1.26. The zero-order valence-electron chi connectivity index (χ0n) is 10.8. The van der Waals surface area contributed by atoms with Gasteiger partial charge in [0.25, 0.3) is 0 Å². The number of amides is 1. The van der Waals surface area contributed by atoms with E-state index in [9.17, 15) is 9.18 Å². The van der Waals surface area contributed by atoms with Crippen molar-refractivity contribution in [2.75, 3.05) is 13.6 Å². The summed E-state index contributed by atoms with van der Waals surface area (Å²) in [4.78, 5) is 13.1. The van der Waals surface area contributed by atoms with E-state index in [1.54, 1.807) is 24.1 Å². The number of likely N-dealkylation sites (N-methyl/N-ethyl adjacent to an activating group) is 1. The van der Waals surface area contributed by atoms with Crippen LogP contribution in [0, 0.1) is 17.1 Å². The molecule has 2 rings (SSSR count). The van der Waals surface area contributed by atoms with Crippen molar-refractivity contribution in [3.8, 4) is 6.07 Å². The van der Waals surface area contributed by atoms with Crippen LogP contribution in [-0.4, -0.2) is 30.4 Å². The van der Waals surface area contributed by atoms with Crippen LogP contribution in [0.25, 0.3) is 0 Å². The largest absolute Gasteiger partial charge is 0.344 e. The van der Waals surface area contributed by atoms with Crippen LogP contribution in [0.3, 0.4) is 0 Å². The standard InChI is InChI=1S/C14H16FN3O/c1-18-9-12(3-5-14(18)19)17-8-10-2-4-13(15)11(6-10)7-16/h2,4,6,12,17H,3,5,8-9H2,1H3. The van der Waals surface area contributed by atoms with Gasteiger partial charge in [0.1, 0.15) is 11.9 Å². The van der Waals surface area contributed by atoms with Gasteiger partial charge in [-0.25, -0.2) is 4.39 Å². The molecule has 0 spiro atoms. The summed E-state index contributed by atoms with van der Waals surface area (Å²) in [7, 11) is 1.79. The molecule has 100 valence electrons.